The molecular weight excluding hydrogens is 302 g/mol. The molecule has 2 aromatic carbocycles. The number of furan rings is 1. The molecule has 122 valence electrons. The lowest BCUT2D eigenvalue weighted by atomic mass is 10.2. The van der Waals surface area contributed by atoms with Crippen molar-refractivity contribution in [2.24, 2.45) is 4.99 Å². The predicted molar refractivity (Wildman–Crippen MR) is 94.9 cm³/mol. The second-order valence-corrected chi connectivity index (χ2v) is 5.40. The molecule has 4 nitrogen and oxygen atoms in total. The highest BCUT2D eigenvalue weighted by Crippen LogP contribution is 2.25. The molecule has 1 heterocycles. The van der Waals surface area contributed by atoms with Crippen molar-refractivity contribution in [3.05, 3.63) is 71.7 Å². The number of hydrogen-bond donors (Lipinski definition) is 0. The van der Waals surface area contributed by atoms with Crippen molar-refractivity contribution in [2.45, 2.75) is 13.8 Å². The number of methoxy groups -OCH3 is 1. The molecule has 4 heteroatoms. The lowest BCUT2D eigenvalue weighted by Gasteiger charge is -2.06. The third-order valence-corrected chi connectivity index (χ3v) is 3.56. The molecule has 0 N–H and O–H groups in total. The molecule has 0 unspecified atom stereocenters. The monoisotopic (exact) mass is 321 g/mol. The zero-order valence-corrected chi connectivity index (χ0v) is 13.9. The van der Waals surface area contributed by atoms with Crippen LogP contribution < -0.4 is 9.47 Å². The Hall–Kier alpha value is -3.01. The number of rotatable bonds is 5. The van der Waals surface area contributed by atoms with Gasteiger partial charge in [0.25, 0.3) is 0 Å². The molecule has 0 bridgehead atoms. The highest BCUT2D eigenvalue weighted by Gasteiger charge is 2.02. The minimum Gasteiger partial charge on any atom is -0.497 e. The van der Waals surface area contributed by atoms with Gasteiger partial charge in [0.05, 0.1) is 12.8 Å². The maximum Gasteiger partial charge on any atom is 0.127 e. The minimum atomic E-state index is 0.759. The van der Waals surface area contributed by atoms with E-state index in [4.69, 9.17) is 13.9 Å². The molecule has 24 heavy (non-hydrogen) atoms. The van der Waals surface area contributed by atoms with E-state index in [1.165, 1.54) is 0 Å². The molecule has 0 saturated heterocycles. The van der Waals surface area contributed by atoms with Gasteiger partial charge in [-0.15, -0.1) is 0 Å². The van der Waals surface area contributed by atoms with Gasteiger partial charge < -0.3 is 13.9 Å². The van der Waals surface area contributed by atoms with Crippen molar-refractivity contribution in [3.8, 4) is 17.2 Å². The van der Waals surface area contributed by atoms with Crippen LogP contribution in [0.4, 0.5) is 5.69 Å². The van der Waals surface area contributed by atoms with E-state index in [9.17, 15) is 0 Å². The standard InChI is InChI=1S/C20H19NO3/c1-14-12-16(15(2)23-14)13-21-17-4-6-19(7-5-17)24-20-10-8-18(22-3)9-11-20/h4-13H,1-3H3. The molecule has 3 aromatic rings. The third-order valence-electron chi connectivity index (χ3n) is 3.56. The van der Waals surface area contributed by atoms with Crippen LogP contribution in [0.15, 0.2) is 64.0 Å². The van der Waals surface area contributed by atoms with Crippen LogP contribution in [0.5, 0.6) is 17.2 Å². The van der Waals surface area contributed by atoms with E-state index in [2.05, 4.69) is 4.99 Å². The first-order chi connectivity index (χ1) is 11.6. The van der Waals surface area contributed by atoms with Crippen LogP contribution in [-0.4, -0.2) is 13.3 Å². The van der Waals surface area contributed by atoms with Gasteiger partial charge in [-0.2, -0.15) is 0 Å². The van der Waals surface area contributed by atoms with Gasteiger partial charge in [-0.3, -0.25) is 4.99 Å². The van der Waals surface area contributed by atoms with Gasteiger partial charge in [0.15, 0.2) is 0 Å². The number of ether oxygens (including phenoxy) is 2. The van der Waals surface area contributed by atoms with Crippen LogP contribution in [0.1, 0.15) is 17.1 Å². The summed E-state index contributed by atoms with van der Waals surface area (Å²) in [5.74, 6) is 4.08. The molecule has 0 atom stereocenters. The predicted octanol–water partition coefficient (Wildman–Crippen LogP) is 5.45. The summed E-state index contributed by atoms with van der Waals surface area (Å²) in [7, 11) is 1.64. The lowest BCUT2D eigenvalue weighted by molar-refractivity contribution is 0.413. The van der Waals surface area contributed by atoms with Gasteiger partial charge in [0.1, 0.15) is 28.8 Å². The molecule has 3 rings (SSSR count). The van der Waals surface area contributed by atoms with Crippen LogP contribution in [0.2, 0.25) is 0 Å². The fraction of sp³-hybridized carbons (Fsp3) is 0.150. The highest BCUT2D eigenvalue weighted by atomic mass is 16.5. The number of hydrogen-bond acceptors (Lipinski definition) is 4. The quantitative estimate of drug-likeness (QED) is 0.587. The Morgan fingerprint density at radius 2 is 1.46 bits per heavy atom. The third kappa shape index (κ3) is 3.84. The van der Waals surface area contributed by atoms with E-state index in [0.29, 0.717) is 0 Å². The highest BCUT2D eigenvalue weighted by molar-refractivity contribution is 5.83. The first-order valence-corrected chi connectivity index (χ1v) is 7.67. The van der Waals surface area contributed by atoms with Crippen molar-refractivity contribution in [2.75, 3.05) is 7.11 Å². The van der Waals surface area contributed by atoms with Crippen molar-refractivity contribution in [1.82, 2.24) is 0 Å². The fourth-order valence-corrected chi connectivity index (χ4v) is 2.30. The molecule has 0 saturated carbocycles. The molecule has 0 spiro atoms. The molecule has 0 aliphatic heterocycles. The Kier molecular flexibility index (Phi) is 4.66. The second-order valence-electron chi connectivity index (χ2n) is 5.40. The molecule has 0 amide bonds. The first kappa shape index (κ1) is 15.9. The Balaban J connectivity index is 1.67. The largest absolute Gasteiger partial charge is 0.497 e. The molecular formula is C20H19NO3. The van der Waals surface area contributed by atoms with E-state index in [1.54, 1.807) is 7.11 Å². The van der Waals surface area contributed by atoms with E-state index in [-0.39, 0.29) is 0 Å². The van der Waals surface area contributed by atoms with E-state index in [1.807, 2.05) is 74.7 Å². The minimum absolute atomic E-state index is 0.759. The van der Waals surface area contributed by atoms with Crippen LogP contribution in [0.25, 0.3) is 0 Å². The van der Waals surface area contributed by atoms with Gasteiger partial charge in [-0.05, 0) is 68.4 Å². The Morgan fingerprint density at radius 3 is 2.00 bits per heavy atom. The van der Waals surface area contributed by atoms with E-state index < -0.39 is 0 Å². The Labute approximate surface area is 141 Å². The van der Waals surface area contributed by atoms with Gasteiger partial charge in [0.2, 0.25) is 0 Å². The van der Waals surface area contributed by atoms with Crippen LogP contribution in [-0.2, 0) is 0 Å². The van der Waals surface area contributed by atoms with Crippen LogP contribution >= 0.6 is 0 Å². The SMILES string of the molecule is COc1ccc(Oc2ccc(N=Cc3cc(C)oc3C)cc2)cc1. The molecule has 0 radical (unpaired) electrons. The average Bonchev–Trinajstić information content (AvgIpc) is 2.92. The Morgan fingerprint density at radius 1 is 0.875 bits per heavy atom. The normalized spacial score (nSPS) is 11.0. The zero-order valence-electron chi connectivity index (χ0n) is 13.9. The van der Waals surface area contributed by atoms with E-state index >= 15 is 0 Å². The number of aryl methyl sites for hydroxylation is 2. The summed E-state index contributed by atoms with van der Waals surface area (Å²) in [6, 6.07) is 17.1. The maximum atomic E-state index is 5.80. The molecule has 1 aromatic heterocycles. The first-order valence-electron chi connectivity index (χ1n) is 7.67. The van der Waals surface area contributed by atoms with Crippen LogP contribution in [0, 0.1) is 13.8 Å². The molecule has 0 aliphatic rings. The van der Waals surface area contributed by atoms with Crippen molar-refractivity contribution in [3.63, 3.8) is 0 Å². The number of benzene rings is 2. The maximum absolute atomic E-state index is 5.80. The van der Waals surface area contributed by atoms with Crippen LogP contribution in [0.3, 0.4) is 0 Å². The Bertz CT molecular complexity index is 830. The van der Waals surface area contributed by atoms with E-state index in [0.717, 1.165) is 40.0 Å². The van der Waals surface area contributed by atoms with Gasteiger partial charge >= 0.3 is 0 Å². The summed E-state index contributed by atoms with van der Waals surface area (Å²) >= 11 is 0. The van der Waals surface area contributed by atoms with Crippen molar-refractivity contribution in [1.29, 1.82) is 0 Å². The van der Waals surface area contributed by atoms with Gasteiger partial charge in [-0.25, -0.2) is 0 Å². The summed E-state index contributed by atoms with van der Waals surface area (Å²) < 4.78 is 16.4. The second kappa shape index (κ2) is 7.04. The van der Waals surface area contributed by atoms with Gasteiger partial charge in [0, 0.05) is 11.8 Å². The number of aliphatic imine (C=N–C) groups is 1. The smallest absolute Gasteiger partial charge is 0.127 e. The summed E-state index contributed by atoms with van der Waals surface area (Å²) in [6.07, 6.45) is 1.81. The summed E-state index contributed by atoms with van der Waals surface area (Å²) in [5.41, 5.74) is 1.85. The lowest BCUT2D eigenvalue weighted by Crippen LogP contribution is -1.85. The van der Waals surface area contributed by atoms with Crippen molar-refractivity contribution >= 4 is 11.9 Å². The summed E-state index contributed by atoms with van der Waals surface area (Å²) in [5, 5.41) is 0. The zero-order chi connectivity index (χ0) is 16.9. The fourth-order valence-electron chi connectivity index (χ4n) is 2.30. The molecule has 0 aliphatic carbocycles. The van der Waals surface area contributed by atoms with Crippen molar-refractivity contribution < 1.29 is 13.9 Å². The summed E-state index contributed by atoms with van der Waals surface area (Å²) in [4.78, 5) is 4.46. The summed E-state index contributed by atoms with van der Waals surface area (Å²) in [6.45, 7) is 3.86. The number of nitrogens with zero attached hydrogens (tertiary/aromatic N) is 1. The topological polar surface area (TPSA) is 44.0 Å². The van der Waals surface area contributed by atoms with Gasteiger partial charge in [-0.1, -0.05) is 0 Å². The molecule has 0 fully saturated rings. The average molecular weight is 321 g/mol.